The molecule has 3 aliphatic rings. The van der Waals surface area contributed by atoms with Crippen molar-refractivity contribution >= 4 is 16.1 Å². The molecule has 2 aromatic rings. The van der Waals surface area contributed by atoms with Crippen molar-refractivity contribution < 1.29 is 27.2 Å². The van der Waals surface area contributed by atoms with Gasteiger partial charge in [-0.25, -0.2) is 4.79 Å². The second-order valence-corrected chi connectivity index (χ2v) is 9.81. The summed E-state index contributed by atoms with van der Waals surface area (Å²) >= 11 is 0. The molecule has 5 rings (SSSR count). The molecular formula is C22H24O6S. The smallest absolute Gasteiger partial charge is 0.335 e. The third-order valence-electron chi connectivity index (χ3n) is 6.24. The summed E-state index contributed by atoms with van der Waals surface area (Å²) in [6.45, 7) is 2.39. The molecule has 1 N–H and O–H groups in total. The molecule has 2 saturated heterocycles. The van der Waals surface area contributed by atoms with Crippen molar-refractivity contribution in [2.24, 2.45) is 5.41 Å². The molecule has 1 aliphatic carbocycles. The minimum absolute atomic E-state index is 0.0917. The van der Waals surface area contributed by atoms with E-state index in [0.29, 0.717) is 19.4 Å². The van der Waals surface area contributed by atoms with Crippen LogP contribution in [0.2, 0.25) is 0 Å². The first-order valence-corrected chi connectivity index (χ1v) is 11.1. The first-order valence-electron chi connectivity index (χ1n) is 9.68. The highest BCUT2D eigenvalue weighted by molar-refractivity contribution is 7.86. The van der Waals surface area contributed by atoms with Crippen LogP contribution >= 0.6 is 0 Å². The minimum Gasteiger partial charge on any atom is -0.478 e. The van der Waals surface area contributed by atoms with E-state index in [-0.39, 0.29) is 22.5 Å². The molecule has 0 aromatic heterocycles. The van der Waals surface area contributed by atoms with E-state index in [1.165, 1.54) is 0 Å². The Balaban J connectivity index is 1.45. The summed E-state index contributed by atoms with van der Waals surface area (Å²) < 4.78 is 36.7. The number of hydrogen-bond acceptors (Lipinski definition) is 5. The highest BCUT2D eigenvalue weighted by atomic mass is 32.2. The van der Waals surface area contributed by atoms with E-state index in [1.807, 2.05) is 13.0 Å². The number of fused-ring (bicyclic) bond motifs is 3. The van der Waals surface area contributed by atoms with Gasteiger partial charge in [-0.15, -0.1) is 0 Å². The van der Waals surface area contributed by atoms with Gasteiger partial charge >= 0.3 is 5.97 Å². The first-order chi connectivity index (χ1) is 13.7. The van der Waals surface area contributed by atoms with Gasteiger partial charge in [0.1, 0.15) is 0 Å². The largest absolute Gasteiger partial charge is 0.478 e. The Hall–Kier alpha value is -2.22. The molecule has 2 heterocycles. The molecule has 0 atom stereocenters. The summed E-state index contributed by atoms with van der Waals surface area (Å²) in [4.78, 5) is 11.4. The molecule has 7 heteroatoms. The van der Waals surface area contributed by atoms with Crippen molar-refractivity contribution in [1.82, 2.24) is 0 Å². The summed E-state index contributed by atoms with van der Waals surface area (Å²) in [6.07, 6.45) is 2.97. The molecule has 3 fully saturated rings. The van der Waals surface area contributed by atoms with Crippen LogP contribution in [0.25, 0.3) is 0 Å². The molecule has 0 unspecified atom stereocenters. The zero-order chi connectivity index (χ0) is 20.7. The van der Waals surface area contributed by atoms with Crippen LogP contribution in [0.5, 0.6) is 0 Å². The quantitative estimate of drug-likeness (QED) is 0.719. The van der Waals surface area contributed by atoms with Gasteiger partial charge in [-0.05, 0) is 62.4 Å². The van der Waals surface area contributed by atoms with Gasteiger partial charge in [0.15, 0.2) is 0 Å². The lowest BCUT2D eigenvalue weighted by atomic mass is 9.64. The van der Waals surface area contributed by atoms with Crippen LogP contribution in [-0.2, 0) is 24.6 Å². The predicted molar refractivity (Wildman–Crippen MR) is 106 cm³/mol. The average molecular weight is 416 g/mol. The SMILES string of the molecule is Cc1ccc(S(=O)(=O)OCC23CCC(c4cccc(C(=O)O)c4)(CC2)OC3)cc1. The lowest BCUT2D eigenvalue weighted by Crippen LogP contribution is -2.51. The number of carbonyl (C=O) groups is 1. The summed E-state index contributed by atoms with van der Waals surface area (Å²) in [5, 5.41) is 9.26. The molecule has 0 spiro atoms. The summed E-state index contributed by atoms with van der Waals surface area (Å²) in [6, 6.07) is 13.5. The number of benzene rings is 2. The van der Waals surface area contributed by atoms with E-state index in [2.05, 4.69) is 0 Å². The van der Waals surface area contributed by atoms with E-state index in [0.717, 1.165) is 24.0 Å². The Morgan fingerprint density at radius 1 is 1.10 bits per heavy atom. The fraction of sp³-hybridized carbons (Fsp3) is 0.409. The maximum absolute atomic E-state index is 12.5. The Morgan fingerprint density at radius 3 is 2.38 bits per heavy atom. The standard InChI is InChI=1S/C22H24O6S/c1-16-5-7-19(8-6-16)29(25,26)28-15-21-9-11-22(12-10-21,27-14-21)18-4-2-3-17(13-18)20(23)24/h2-8,13H,9-12,14-15H2,1H3,(H,23,24). The molecule has 1 saturated carbocycles. The highest BCUT2D eigenvalue weighted by Crippen LogP contribution is 2.53. The van der Waals surface area contributed by atoms with Crippen LogP contribution < -0.4 is 0 Å². The van der Waals surface area contributed by atoms with E-state index in [1.54, 1.807) is 42.5 Å². The lowest BCUT2D eigenvalue weighted by molar-refractivity contribution is -0.197. The summed E-state index contributed by atoms with van der Waals surface area (Å²) in [5.41, 5.74) is 1.28. The van der Waals surface area contributed by atoms with Crippen LogP contribution in [0, 0.1) is 12.3 Å². The predicted octanol–water partition coefficient (Wildman–Crippen LogP) is 3.88. The number of ether oxygens (including phenoxy) is 1. The van der Waals surface area contributed by atoms with E-state index < -0.39 is 21.7 Å². The number of aryl methyl sites for hydroxylation is 1. The topological polar surface area (TPSA) is 89.9 Å². The first kappa shape index (κ1) is 20.1. The van der Waals surface area contributed by atoms with E-state index >= 15 is 0 Å². The van der Waals surface area contributed by atoms with Crippen molar-refractivity contribution in [3.8, 4) is 0 Å². The van der Waals surface area contributed by atoms with Gasteiger partial charge in [0.05, 0.1) is 29.3 Å². The van der Waals surface area contributed by atoms with Gasteiger partial charge in [0.25, 0.3) is 10.1 Å². The van der Waals surface area contributed by atoms with Crippen LogP contribution in [-0.4, -0.2) is 32.7 Å². The van der Waals surface area contributed by atoms with Crippen molar-refractivity contribution in [2.75, 3.05) is 13.2 Å². The van der Waals surface area contributed by atoms with Gasteiger partial charge in [-0.2, -0.15) is 8.42 Å². The molecular weight excluding hydrogens is 392 g/mol. The highest BCUT2D eigenvalue weighted by Gasteiger charge is 2.51. The zero-order valence-corrected chi connectivity index (χ0v) is 17.1. The number of carboxylic acids is 1. The van der Waals surface area contributed by atoms with Crippen LogP contribution in [0.15, 0.2) is 53.4 Å². The maximum atomic E-state index is 12.5. The summed E-state index contributed by atoms with van der Waals surface area (Å²) in [7, 11) is -3.81. The molecule has 6 nitrogen and oxygen atoms in total. The Morgan fingerprint density at radius 2 is 1.79 bits per heavy atom. The van der Waals surface area contributed by atoms with E-state index in [4.69, 9.17) is 8.92 Å². The second kappa shape index (κ2) is 7.23. The van der Waals surface area contributed by atoms with Crippen molar-refractivity contribution in [2.45, 2.75) is 43.1 Å². The van der Waals surface area contributed by atoms with E-state index in [9.17, 15) is 18.3 Å². The molecule has 2 aromatic carbocycles. The van der Waals surface area contributed by atoms with Gasteiger partial charge in [-0.1, -0.05) is 29.8 Å². The van der Waals surface area contributed by atoms with Crippen LogP contribution in [0.1, 0.15) is 47.2 Å². The van der Waals surface area contributed by atoms with Gasteiger partial charge in [0, 0.05) is 5.41 Å². The number of rotatable bonds is 6. The fourth-order valence-corrected chi connectivity index (χ4v) is 5.24. The maximum Gasteiger partial charge on any atom is 0.335 e. The lowest BCUT2D eigenvalue weighted by Gasteiger charge is -2.53. The fourth-order valence-electron chi connectivity index (χ4n) is 4.23. The summed E-state index contributed by atoms with van der Waals surface area (Å²) in [5.74, 6) is -0.959. The number of hydrogen-bond donors (Lipinski definition) is 1. The molecule has 0 amide bonds. The number of aromatic carboxylic acids is 1. The molecule has 2 aliphatic heterocycles. The monoisotopic (exact) mass is 416 g/mol. The molecule has 29 heavy (non-hydrogen) atoms. The minimum atomic E-state index is -3.81. The Bertz CT molecular complexity index is 1000. The normalized spacial score (nSPS) is 26.4. The molecule has 0 radical (unpaired) electrons. The average Bonchev–Trinajstić information content (AvgIpc) is 2.74. The Labute approximate surface area is 170 Å². The zero-order valence-electron chi connectivity index (χ0n) is 16.3. The Kier molecular flexibility index (Phi) is 5.01. The third-order valence-corrected chi connectivity index (χ3v) is 7.52. The second-order valence-electron chi connectivity index (χ2n) is 8.20. The van der Waals surface area contributed by atoms with Gasteiger partial charge in [-0.3, -0.25) is 4.18 Å². The van der Waals surface area contributed by atoms with Crippen molar-refractivity contribution in [3.05, 3.63) is 65.2 Å². The molecule has 154 valence electrons. The van der Waals surface area contributed by atoms with Crippen molar-refractivity contribution in [3.63, 3.8) is 0 Å². The third kappa shape index (κ3) is 3.82. The van der Waals surface area contributed by atoms with Gasteiger partial charge < -0.3 is 9.84 Å². The number of carboxylic acid groups (broad SMARTS) is 1. The molecule has 2 bridgehead atoms. The van der Waals surface area contributed by atoms with Crippen LogP contribution in [0.3, 0.4) is 0 Å². The van der Waals surface area contributed by atoms with Gasteiger partial charge in [0.2, 0.25) is 0 Å². The van der Waals surface area contributed by atoms with Crippen LogP contribution in [0.4, 0.5) is 0 Å². The van der Waals surface area contributed by atoms with Crippen molar-refractivity contribution in [1.29, 1.82) is 0 Å².